The SMILES string of the molecule is CC1(C2CC2)NC(=O)N(CC(=O)N2CCN(S(=O)(=O)c3cccc4nsnc34)CC2)C1=O. The maximum Gasteiger partial charge on any atom is 0.325 e. The molecule has 2 aromatic rings. The van der Waals surface area contributed by atoms with Crippen LogP contribution in [0.3, 0.4) is 0 Å². The van der Waals surface area contributed by atoms with E-state index >= 15 is 0 Å². The Kier molecular flexibility index (Phi) is 4.94. The van der Waals surface area contributed by atoms with Gasteiger partial charge in [0.15, 0.2) is 0 Å². The van der Waals surface area contributed by atoms with Crippen molar-refractivity contribution in [1.29, 1.82) is 0 Å². The van der Waals surface area contributed by atoms with E-state index in [0.29, 0.717) is 11.0 Å². The molecule has 3 heterocycles. The molecule has 13 heteroatoms. The second-order valence-electron chi connectivity index (χ2n) is 8.47. The smallest absolute Gasteiger partial charge is 0.325 e. The number of urea groups is 1. The highest BCUT2D eigenvalue weighted by atomic mass is 32.2. The molecule has 0 spiro atoms. The van der Waals surface area contributed by atoms with Gasteiger partial charge in [0.1, 0.15) is 28.0 Å². The van der Waals surface area contributed by atoms with Crippen molar-refractivity contribution in [2.75, 3.05) is 32.7 Å². The van der Waals surface area contributed by atoms with Gasteiger partial charge in [0.05, 0.1) is 11.7 Å². The van der Waals surface area contributed by atoms with E-state index in [2.05, 4.69) is 14.1 Å². The molecule has 11 nitrogen and oxygen atoms in total. The van der Waals surface area contributed by atoms with Gasteiger partial charge in [-0.3, -0.25) is 14.5 Å². The molecule has 170 valence electrons. The molecule has 32 heavy (non-hydrogen) atoms. The van der Waals surface area contributed by atoms with E-state index in [4.69, 9.17) is 0 Å². The quantitative estimate of drug-likeness (QED) is 0.609. The summed E-state index contributed by atoms with van der Waals surface area (Å²) in [6.07, 6.45) is 1.76. The lowest BCUT2D eigenvalue weighted by Gasteiger charge is -2.34. The van der Waals surface area contributed by atoms with Crippen molar-refractivity contribution in [3.63, 3.8) is 0 Å². The standard InChI is InChI=1S/C19H22N6O5S2/c1-19(12-5-6-12)17(27)25(18(28)20-19)11-15(26)23-7-9-24(10-8-23)32(29,30)14-4-2-3-13-16(14)22-31-21-13/h2-4,12H,5-11H2,1H3,(H,20,28). The number of carbonyl (C=O) groups excluding carboxylic acids is 3. The van der Waals surface area contributed by atoms with Gasteiger partial charge in [-0.2, -0.15) is 13.1 Å². The van der Waals surface area contributed by atoms with Crippen LogP contribution in [0.4, 0.5) is 4.79 Å². The molecule has 1 saturated carbocycles. The van der Waals surface area contributed by atoms with Crippen molar-refractivity contribution in [2.45, 2.75) is 30.2 Å². The van der Waals surface area contributed by atoms with E-state index in [0.717, 1.165) is 29.5 Å². The second kappa shape index (κ2) is 7.46. The highest BCUT2D eigenvalue weighted by Gasteiger charge is 2.56. The van der Waals surface area contributed by atoms with Crippen LogP contribution in [0.25, 0.3) is 11.0 Å². The van der Waals surface area contributed by atoms with Gasteiger partial charge >= 0.3 is 6.03 Å². The van der Waals surface area contributed by atoms with Gasteiger partial charge in [-0.15, -0.1) is 0 Å². The number of sulfonamides is 1. The molecule has 0 radical (unpaired) electrons. The third kappa shape index (κ3) is 3.35. The number of carbonyl (C=O) groups is 3. The molecule has 3 fully saturated rings. The molecular weight excluding hydrogens is 456 g/mol. The number of nitrogens with one attached hydrogen (secondary N) is 1. The van der Waals surface area contributed by atoms with Gasteiger partial charge in [-0.05, 0) is 37.8 Å². The zero-order valence-corrected chi connectivity index (χ0v) is 19.0. The molecule has 1 aromatic heterocycles. The van der Waals surface area contributed by atoms with Gasteiger partial charge in [-0.25, -0.2) is 13.2 Å². The van der Waals surface area contributed by atoms with Gasteiger partial charge in [0, 0.05) is 26.2 Å². The minimum atomic E-state index is -3.79. The summed E-state index contributed by atoms with van der Waals surface area (Å²) in [5, 5.41) is 2.73. The third-order valence-electron chi connectivity index (χ3n) is 6.45. The fourth-order valence-corrected chi connectivity index (χ4v) is 6.51. The molecule has 2 saturated heterocycles. The summed E-state index contributed by atoms with van der Waals surface area (Å²) in [6.45, 7) is 1.94. The highest BCUT2D eigenvalue weighted by molar-refractivity contribution is 7.89. The van der Waals surface area contributed by atoms with E-state index < -0.39 is 21.6 Å². The lowest BCUT2D eigenvalue weighted by molar-refractivity contribution is -0.139. The molecule has 0 bridgehead atoms. The van der Waals surface area contributed by atoms with E-state index in [1.165, 1.54) is 15.3 Å². The van der Waals surface area contributed by atoms with Crippen LogP contribution >= 0.6 is 11.7 Å². The maximum absolute atomic E-state index is 13.1. The molecule has 5 rings (SSSR count). The molecule has 4 amide bonds. The Morgan fingerprint density at radius 3 is 2.59 bits per heavy atom. The van der Waals surface area contributed by atoms with Crippen molar-refractivity contribution in [1.82, 2.24) is 28.2 Å². The van der Waals surface area contributed by atoms with Crippen LogP contribution in [0.15, 0.2) is 23.1 Å². The first-order valence-corrected chi connectivity index (χ1v) is 12.5. The number of aromatic nitrogens is 2. The van der Waals surface area contributed by atoms with Crippen LogP contribution in [-0.2, 0) is 19.6 Å². The summed E-state index contributed by atoms with van der Waals surface area (Å²) in [6, 6.07) is 4.29. The Morgan fingerprint density at radius 1 is 1.19 bits per heavy atom. The van der Waals surface area contributed by atoms with Crippen molar-refractivity contribution in [2.24, 2.45) is 5.92 Å². The van der Waals surface area contributed by atoms with Crippen molar-refractivity contribution >= 4 is 50.6 Å². The van der Waals surface area contributed by atoms with E-state index in [1.807, 2.05) is 0 Å². The Morgan fingerprint density at radius 2 is 1.91 bits per heavy atom. The zero-order valence-electron chi connectivity index (χ0n) is 17.4. The average Bonchev–Trinajstić information content (AvgIpc) is 3.49. The number of amides is 4. The molecule has 1 aromatic carbocycles. The predicted molar refractivity (Wildman–Crippen MR) is 114 cm³/mol. The summed E-state index contributed by atoms with van der Waals surface area (Å²) in [4.78, 5) is 40.4. The number of nitrogens with zero attached hydrogens (tertiary/aromatic N) is 5. The number of rotatable bonds is 5. The molecule has 2 aliphatic heterocycles. The van der Waals surface area contributed by atoms with Gasteiger partial charge in [0.2, 0.25) is 15.9 Å². The third-order valence-corrected chi connectivity index (χ3v) is 8.92. The van der Waals surface area contributed by atoms with Gasteiger partial charge in [-0.1, -0.05) is 6.07 Å². The highest BCUT2D eigenvalue weighted by Crippen LogP contribution is 2.42. The lowest BCUT2D eigenvalue weighted by Crippen LogP contribution is -2.53. The lowest BCUT2D eigenvalue weighted by atomic mass is 9.96. The van der Waals surface area contributed by atoms with E-state index in [-0.39, 0.29) is 55.4 Å². The first-order chi connectivity index (χ1) is 15.2. The number of hydrogen-bond acceptors (Lipinski definition) is 8. The monoisotopic (exact) mass is 478 g/mol. The molecular formula is C19H22N6O5S2. The minimum absolute atomic E-state index is 0.0993. The van der Waals surface area contributed by atoms with Gasteiger partial charge < -0.3 is 10.2 Å². The van der Waals surface area contributed by atoms with Crippen LogP contribution in [0.5, 0.6) is 0 Å². The number of fused-ring (bicyclic) bond motifs is 1. The number of imide groups is 1. The number of benzene rings is 1. The number of hydrogen-bond donors (Lipinski definition) is 1. The molecule has 1 N–H and O–H groups in total. The first kappa shape index (κ1) is 21.2. The fraction of sp³-hybridized carbons (Fsp3) is 0.526. The summed E-state index contributed by atoms with van der Waals surface area (Å²) in [5.74, 6) is -0.633. The average molecular weight is 479 g/mol. The van der Waals surface area contributed by atoms with Crippen LogP contribution < -0.4 is 5.32 Å². The van der Waals surface area contributed by atoms with E-state index in [1.54, 1.807) is 19.1 Å². The first-order valence-electron chi connectivity index (χ1n) is 10.3. The second-order valence-corrected chi connectivity index (χ2v) is 10.9. The molecule has 3 aliphatic rings. The zero-order chi connectivity index (χ0) is 22.7. The molecule has 1 aliphatic carbocycles. The van der Waals surface area contributed by atoms with Crippen molar-refractivity contribution < 1.29 is 22.8 Å². The normalized spacial score (nSPS) is 24.9. The largest absolute Gasteiger partial charge is 0.338 e. The van der Waals surface area contributed by atoms with Crippen LogP contribution in [0.2, 0.25) is 0 Å². The Balaban J connectivity index is 1.24. The Hall–Kier alpha value is -2.64. The molecule has 1 unspecified atom stereocenters. The predicted octanol–water partition coefficient (Wildman–Crippen LogP) is 0.245. The molecule has 1 atom stereocenters. The Labute approximate surface area is 188 Å². The number of piperazine rings is 1. The van der Waals surface area contributed by atoms with Gasteiger partial charge in [0.25, 0.3) is 5.91 Å². The summed E-state index contributed by atoms with van der Waals surface area (Å²) < 4.78 is 35.8. The van der Waals surface area contributed by atoms with Crippen molar-refractivity contribution in [3.05, 3.63) is 18.2 Å². The fourth-order valence-electron chi connectivity index (χ4n) is 4.34. The summed E-state index contributed by atoms with van der Waals surface area (Å²) in [5.41, 5.74) is -0.0691. The Bertz CT molecular complexity index is 1220. The summed E-state index contributed by atoms with van der Waals surface area (Å²) in [7, 11) is -3.79. The topological polar surface area (TPSA) is 133 Å². The van der Waals surface area contributed by atoms with E-state index in [9.17, 15) is 22.8 Å². The van der Waals surface area contributed by atoms with Crippen LogP contribution in [0.1, 0.15) is 19.8 Å². The van der Waals surface area contributed by atoms with Crippen LogP contribution in [-0.4, -0.2) is 87.4 Å². The summed E-state index contributed by atoms with van der Waals surface area (Å²) >= 11 is 0.954. The van der Waals surface area contributed by atoms with Crippen LogP contribution in [0, 0.1) is 5.92 Å². The maximum atomic E-state index is 13.1. The minimum Gasteiger partial charge on any atom is -0.338 e. The van der Waals surface area contributed by atoms with Crippen molar-refractivity contribution in [3.8, 4) is 0 Å².